The predicted molar refractivity (Wildman–Crippen MR) is 92.3 cm³/mol. The molecule has 2 atom stereocenters. The largest absolute Gasteiger partial charge is 0.469 e. The van der Waals surface area contributed by atoms with Gasteiger partial charge in [0.15, 0.2) is 0 Å². The van der Waals surface area contributed by atoms with E-state index in [2.05, 4.69) is 20.7 Å². The van der Waals surface area contributed by atoms with Gasteiger partial charge in [-0.25, -0.2) is 0 Å². The van der Waals surface area contributed by atoms with E-state index in [9.17, 15) is 4.79 Å². The van der Waals surface area contributed by atoms with Crippen LogP contribution in [0.1, 0.15) is 31.2 Å². The van der Waals surface area contributed by atoms with Gasteiger partial charge in [-0.3, -0.25) is 25.5 Å². The van der Waals surface area contributed by atoms with Crippen molar-refractivity contribution < 1.29 is 9.53 Å². The number of halogens is 1. The molecule has 1 aromatic heterocycles. The van der Waals surface area contributed by atoms with Crippen molar-refractivity contribution in [3.05, 3.63) is 29.0 Å². The molecule has 2 fully saturated rings. The zero-order valence-corrected chi connectivity index (χ0v) is 14.8. The van der Waals surface area contributed by atoms with Crippen LogP contribution in [0.2, 0.25) is 5.02 Å². The first-order valence-electron chi connectivity index (χ1n) is 8.54. The molecule has 0 amide bonds. The molecule has 3 heterocycles. The van der Waals surface area contributed by atoms with Gasteiger partial charge in [0.1, 0.15) is 0 Å². The molecule has 3 rings (SSSR count). The van der Waals surface area contributed by atoms with Gasteiger partial charge in [0, 0.05) is 31.0 Å². The van der Waals surface area contributed by atoms with Crippen molar-refractivity contribution in [3.63, 3.8) is 0 Å². The van der Waals surface area contributed by atoms with Gasteiger partial charge >= 0.3 is 5.97 Å². The van der Waals surface area contributed by atoms with Gasteiger partial charge in [-0.15, -0.1) is 0 Å². The Hall–Kier alpha value is -1.21. The van der Waals surface area contributed by atoms with Crippen LogP contribution in [0.3, 0.4) is 0 Å². The Morgan fingerprint density at radius 1 is 1.42 bits per heavy atom. The standard InChI is InChI=1S/C17H25ClN4O2/c1-24-17(23)9-14-8-16(21-20-14)12-3-6-22(7-4-12)11-13-2-5-19-10-15(13)18/h2,5,10,12,14,16,20-21H,3-4,6-9,11H2,1H3. The molecule has 24 heavy (non-hydrogen) atoms. The third-order valence-corrected chi connectivity index (χ3v) is 5.44. The molecule has 2 saturated heterocycles. The minimum atomic E-state index is -0.154. The number of pyridine rings is 1. The molecule has 0 aliphatic carbocycles. The lowest BCUT2D eigenvalue weighted by Crippen LogP contribution is -2.42. The summed E-state index contributed by atoms with van der Waals surface area (Å²) in [7, 11) is 1.44. The maximum atomic E-state index is 11.4. The molecule has 7 heteroatoms. The summed E-state index contributed by atoms with van der Waals surface area (Å²) in [6.07, 6.45) is 7.23. The number of carbonyl (C=O) groups is 1. The Balaban J connectivity index is 1.44. The monoisotopic (exact) mass is 352 g/mol. The van der Waals surface area contributed by atoms with Crippen LogP contribution in [0.15, 0.2) is 18.5 Å². The maximum absolute atomic E-state index is 11.4. The number of carbonyl (C=O) groups excluding carboxylic acids is 1. The molecule has 2 aliphatic heterocycles. The number of esters is 1. The minimum absolute atomic E-state index is 0.154. The van der Waals surface area contributed by atoms with E-state index in [1.807, 2.05) is 6.07 Å². The topological polar surface area (TPSA) is 66.5 Å². The van der Waals surface area contributed by atoms with Crippen molar-refractivity contribution in [1.29, 1.82) is 0 Å². The molecule has 2 N–H and O–H groups in total. The predicted octanol–water partition coefficient (Wildman–Crippen LogP) is 1.75. The zero-order valence-electron chi connectivity index (χ0n) is 14.0. The zero-order chi connectivity index (χ0) is 16.9. The Morgan fingerprint density at radius 2 is 2.21 bits per heavy atom. The van der Waals surface area contributed by atoms with Crippen molar-refractivity contribution in [3.8, 4) is 0 Å². The van der Waals surface area contributed by atoms with Gasteiger partial charge in [-0.1, -0.05) is 11.6 Å². The summed E-state index contributed by atoms with van der Waals surface area (Å²) < 4.78 is 4.74. The van der Waals surface area contributed by atoms with E-state index in [1.54, 1.807) is 12.4 Å². The molecule has 0 saturated carbocycles. The summed E-state index contributed by atoms with van der Waals surface area (Å²) in [5.41, 5.74) is 7.76. The van der Waals surface area contributed by atoms with E-state index in [-0.39, 0.29) is 12.0 Å². The highest BCUT2D eigenvalue weighted by Gasteiger charge is 2.33. The fraction of sp³-hybridized carbons (Fsp3) is 0.647. The summed E-state index contributed by atoms with van der Waals surface area (Å²) >= 11 is 6.20. The van der Waals surface area contributed by atoms with Gasteiger partial charge in [0.2, 0.25) is 0 Å². The third kappa shape index (κ3) is 4.45. The van der Waals surface area contributed by atoms with Crippen LogP contribution in [0.5, 0.6) is 0 Å². The lowest BCUT2D eigenvalue weighted by Gasteiger charge is -2.34. The lowest BCUT2D eigenvalue weighted by atomic mass is 9.87. The first-order chi connectivity index (χ1) is 11.7. The van der Waals surface area contributed by atoms with Crippen molar-refractivity contribution in [2.75, 3.05) is 20.2 Å². The second kappa shape index (κ2) is 8.25. The average Bonchev–Trinajstić information content (AvgIpc) is 3.06. The minimum Gasteiger partial charge on any atom is -0.469 e. The molecule has 0 aromatic carbocycles. The van der Waals surface area contributed by atoms with Gasteiger partial charge in [-0.2, -0.15) is 0 Å². The number of aromatic nitrogens is 1. The van der Waals surface area contributed by atoms with Crippen molar-refractivity contribution in [2.24, 2.45) is 5.92 Å². The van der Waals surface area contributed by atoms with Crippen molar-refractivity contribution >= 4 is 17.6 Å². The molecule has 1 aromatic rings. The number of methoxy groups -OCH3 is 1. The van der Waals surface area contributed by atoms with E-state index in [4.69, 9.17) is 16.3 Å². The number of nitrogens with one attached hydrogen (secondary N) is 2. The Kier molecular flexibility index (Phi) is 6.05. The van der Waals surface area contributed by atoms with Crippen LogP contribution >= 0.6 is 11.6 Å². The van der Waals surface area contributed by atoms with Crippen LogP contribution in [-0.4, -0.2) is 48.1 Å². The normalized spacial score (nSPS) is 25.8. The van der Waals surface area contributed by atoms with Crippen molar-refractivity contribution in [2.45, 2.75) is 44.3 Å². The number of hydrogen-bond acceptors (Lipinski definition) is 6. The van der Waals surface area contributed by atoms with Crippen LogP contribution < -0.4 is 10.9 Å². The summed E-state index contributed by atoms with van der Waals surface area (Å²) in [6.45, 7) is 3.03. The lowest BCUT2D eigenvalue weighted by molar-refractivity contribution is -0.141. The summed E-state index contributed by atoms with van der Waals surface area (Å²) in [5.74, 6) is 0.489. The second-order valence-electron chi connectivity index (χ2n) is 6.69. The highest BCUT2D eigenvalue weighted by atomic mass is 35.5. The number of likely N-dealkylation sites (tertiary alicyclic amines) is 1. The fourth-order valence-corrected chi connectivity index (χ4v) is 3.84. The molecule has 0 bridgehead atoms. The van der Waals surface area contributed by atoms with Gasteiger partial charge in [-0.05, 0) is 49.9 Å². The van der Waals surface area contributed by atoms with Crippen LogP contribution in [-0.2, 0) is 16.1 Å². The molecule has 132 valence electrons. The van der Waals surface area contributed by atoms with E-state index in [0.29, 0.717) is 18.4 Å². The van der Waals surface area contributed by atoms with Crippen LogP contribution in [0.25, 0.3) is 0 Å². The summed E-state index contributed by atoms with van der Waals surface area (Å²) in [5, 5.41) is 0.743. The van der Waals surface area contributed by atoms with E-state index >= 15 is 0 Å². The first kappa shape index (κ1) is 17.6. The summed E-state index contributed by atoms with van der Waals surface area (Å²) in [4.78, 5) is 17.9. The molecule has 2 aliphatic rings. The highest BCUT2D eigenvalue weighted by Crippen LogP contribution is 2.27. The Morgan fingerprint density at radius 3 is 2.92 bits per heavy atom. The number of ether oxygens (including phenoxy) is 1. The maximum Gasteiger partial charge on any atom is 0.307 e. The van der Waals surface area contributed by atoms with Crippen LogP contribution in [0, 0.1) is 5.92 Å². The Labute approximate surface area is 147 Å². The molecule has 0 radical (unpaired) electrons. The first-order valence-corrected chi connectivity index (χ1v) is 8.92. The van der Waals surface area contributed by atoms with Crippen LogP contribution in [0.4, 0.5) is 0 Å². The van der Waals surface area contributed by atoms with Gasteiger partial charge in [0.25, 0.3) is 0 Å². The smallest absolute Gasteiger partial charge is 0.307 e. The molecular weight excluding hydrogens is 328 g/mol. The number of hydrazine groups is 1. The average molecular weight is 353 g/mol. The molecular formula is C17H25ClN4O2. The SMILES string of the molecule is COC(=O)CC1CC(C2CCN(Cc3ccncc3Cl)CC2)NN1. The molecule has 0 spiro atoms. The van der Waals surface area contributed by atoms with Gasteiger partial charge < -0.3 is 4.74 Å². The van der Waals surface area contributed by atoms with E-state index in [0.717, 1.165) is 49.5 Å². The molecule has 6 nitrogen and oxygen atoms in total. The fourth-order valence-electron chi connectivity index (χ4n) is 3.66. The number of piperidine rings is 1. The van der Waals surface area contributed by atoms with E-state index in [1.165, 1.54) is 7.11 Å². The number of rotatable bonds is 5. The molecule has 2 unspecified atom stereocenters. The third-order valence-electron chi connectivity index (χ3n) is 5.10. The number of hydrogen-bond donors (Lipinski definition) is 2. The van der Waals surface area contributed by atoms with Gasteiger partial charge in [0.05, 0.1) is 18.6 Å². The highest BCUT2D eigenvalue weighted by molar-refractivity contribution is 6.31. The quantitative estimate of drug-likeness (QED) is 0.787. The van der Waals surface area contributed by atoms with Crippen molar-refractivity contribution in [1.82, 2.24) is 20.7 Å². The second-order valence-corrected chi connectivity index (χ2v) is 7.10. The van der Waals surface area contributed by atoms with E-state index < -0.39 is 0 Å². The summed E-state index contributed by atoms with van der Waals surface area (Å²) in [6, 6.07) is 2.61. The Bertz CT molecular complexity index is 563. The number of nitrogens with zero attached hydrogens (tertiary/aromatic N) is 2.